The summed E-state index contributed by atoms with van der Waals surface area (Å²) in [5.74, 6) is -1.53. The molecule has 0 bridgehead atoms. The van der Waals surface area contributed by atoms with Gasteiger partial charge in [-0.2, -0.15) is 0 Å². The smallest absolute Gasteiger partial charge is 0.338 e. The third kappa shape index (κ3) is 5.07. The van der Waals surface area contributed by atoms with E-state index in [0.717, 1.165) is 22.3 Å². The maximum atomic E-state index is 14.7. The highest BCUT2D eigenvalue weighted by atomic mass is 32.1. The van der Waals surface area contributed by atoms with Crippen LogP contribution < -0.4 is 26.6 Å². The molecule has 2 N–H and O–H groups in total. The summed E-state index contributed by atoms with van der Waals surface area (Å²) in [4.78, 5) is 40.4. The van der Waals surface area contributed by atoms with Gasteiger partial charge in [0.2, 0.25) is 5.88 Å². The fourth-order valence-electron chi connectivity index (χ4n) is 4.46. The third-order valence-corrected chi connectivity index (χ3v) is 7.80. The number of fused-ring (bicyclic) bond motifs is 1. The van der Waals surface area contributed by atoms with E-state index in [9.17, 15) is 23.2 Å². The monoisotopic (exact) mass is 578 g/mol. The molecule has 0 atom stereocenters. The number of anilines is 1. The van der Waals surface area contributed by atoms with E-state index in [1.807, 2.05) is 6.92 Å². The second-order valence-electron chi connectivity index (χ2n) is 8.87. The molecule has 41 heavy (non-hydrogen) atoms. The molecular formula is C28H24F2N6O4S. The number of aromatic nitrogens is 4. The Kier molecular flexibility index (Phi) is 7.62. The number of carbonyl (C=O) groups excluding carboxylic acids is 1. The topological polar surface area (TPSA) is 120 Å². The molecule has 0 saturated carbocycles. The number of thiophene rings is 1. The molecule has 0 aliphatic heterocycles. The normalized spacial score (nSPS) is 11.0. The Morgan fingerprint density at radius 1 is 1.00 bits per heavy atom. The average molecular weight is 579 g/mol. The fourth-order valence-corrected chi connectivity index (χ4v) is 5.84. The third-order valence-electron chi connectivity index (χ3n) is 6.50. The van der Waals surface area contributed by atoms with Gasteiger partial charge < -0.3 is 15.4 Å². The summed E-state index contributed by atoms with van der Waals surface area (Å²) in [5.41, 5.74) is 0.160. The van der Waals surface area contributed by atoms with E-state index in [2.05, 4.69) is 20.8 Å². The number of aryl methyl sites for hydroxylation is 1. The van der Waals surface area contributed by atoms with Gasteiger partial charge in [0.1, 0.15) is 16.5 Å². The van der Waals surface area contributed by atoms with Crippen molar-refractivity contribution < 1.29 is 18.3 Å². The van der Waals surface area contributed by atoms with Crippen LogP contribution in [0.1, 0.15) is 18.1 Å². The van der Waals surface area contributed by atoms with E-state index < -0.39 is 29.4 Å². The fraction of sp³-hybridized carbons (Fsp3) is 0.179. The Hall–Kier alpha value is -4.91. The van der Waals surface area contributed by atoms with Crippen LogP contribution in [0.25, 0.3) is 26.5 Å². The lowest BCUT2D eigenvalue weighted by Crippen LogP contribution is -2.39. The van der Waals surface area contributed by atoms with Crippen molar-refractivity contribution in [3.05, 3.63) is 98.2 Å². The van der Waals surface area contributed by atoms with Crippen LogP contribution in [0.4, 0.5) is 19.3 Å². The molecule has 0 aliphatic carbocycles. The highest BCUT2D eigenvalue weighted by Crippen LogP contribution is 2.38. The molecule has 3 heterocycles. The Morgan fingerprint density at radius 2 is 1.71 bits per heavy atom. The van der Waals surface area contributed by atoms with Gasteiger partial charge in [-0.3, -0.25) is 9.36 Å². The van der Waals surface area contributed by atoms with Gasteiger partial charge in [0.25, 0.3) is 5.56 Å². The summed E-state index contributed by atoms with van der Waals surface area (Å²) in [6.45, 7) is 1.41. The van der Waals surface area contributed by atoms with Crippen LogP contribution in [0.5, 0.6) is 5.88 Å². The first kappa shape index (κ1) is 27.6. The van der Waals surface area contributed by atoms with Crippen LogP contribution in [0, 0.1) is 11.6 Å². The molecule has 13 heteroatoms. The van der Waals surface area contributed by atoms with E-state index in [1.165, 1.54) is 48.3 Å². The molecule has 0 unspecified atom stereocenters. The molecule has 3 aromatic heterocycles. The number of carbonyl (C=O) groups is 1. The highest BCUT2D eigenvalue weighted by molar-refractivity contribution is 7.22. The molecule has 5 rings (SSSR count). The minimum Gasteiger partial charge on any atom is -0.480 e. The van der Waals surface area contributed by atoms with Crippen LogP contribution in [0.2, 0.25) is 0 Å². The number of benzene rings is 2. The van der Waals surface area contributed by atoms with Crippen LogP contribution in [0.15, 0.2) is 64.2 Å². The molecule has 0 aliphatic rings. The van der Waals surface area contributed by atoms with Crippen LogP contribution in [-0.2, 0) is 13.0 Å². The Balaban J connectivity index is 1.78. The highest BCUT2D eigenvalue weighted by Gasteiger charge is 2.25. The SMILES string of the molecule is CCc1c(-c2ccc(NC(=O)NC)cc2)sc2c1c(=O)n(-c1ccc(OC)nn1)c(=O)n2Cc1c(F)cccc1F. The first-order valence-electron chi connectivity index (χ1n) is 12.5. The maximum Gasteiger partial charge on any atom is 0.338 e. The number of amides is 2. The van der Waals surface area contributed by atoms with Crippen molar-refractivity contribution >= 4 is 33.3 Å². The van der Waals surface area contributed by atoms with Crippen LogP contribution >= 0.6 is 11.3 Å². The van der Waals surface area contributed by atoms with Crippen molar-refractivity contribution in [1.82, 2.24) is 24.6 Å². The molecule has 0 spiro atoms. The van der Waals surface area contributed by atoms with Gasteiger partial charge in [-0.25, -0.2) is 22.9 Å². The molecule has 2 amide bonds. The molecule has 0 radical (unpaired) electrons. The zero-order valence-corrected chi connectivity index (χ0v) is 23.0. The summed E-state index contributed by atoms with van der Waals surface area (Å²) >= 11 is 1.17. The number of rotatable bonds is 7. The zero-order valence-electron chi connectivity index (χ0n) is 22.2. The summed E-state index contributed by atoms with van der Waals surface area (Å²) in [6, 6.07) is 12.9. The van der Waals surface area contributed by atoms with Gasteiger partial charge in [-0.05, 0) is 47.9 Å². The van der Waals surface area contributed by atoms with Crippen molar-refractivity contribution in [1.29, 1.82) is 0 Å². The Labute approximate surface area is 235 Å². The van der Waals surface area contributed by atoms with E-state index in [0.29, 0.717) is 22.5 Å². The second kappa shape index (κ2) is 11.3. The van der Waals surface area contributed by atoms with Gasteiger partial charge in [-0.1, -0.05) is 25.1 Å². The summed E-state index contributed by atoms with van der Waals surface area (Å²) < 4.78 is 36.5. The van der Waals surface area contributed by atoms with Gasteiger partial charge in [0, 0.05) is 29.2 Å². The van der Waals surface area contributed by atoms with Crippen molar-refractivity contribution in [2.75, 3.05) is 19.5 Å². The van der Waals surface area contributed by atoms with Crippen molar-refractivity contribution in [3.8, 4) is 22.1 Å². The molecule has 2 aromatic carbocycles. The molecule has 5 aromatic rings. The van der Waals surface area contributed by atoms with Crippen LogP contribution in [0.3, 0.4) is 0 Å². The van der Waals surface area contributed by atoms with Gasteiger partial charge in [0.05, 0.1) is 19.0 Å². The Bertz CT molecular complexity index is 1860. The van der Waals surface area contributed by atoms with Crippen LogP contribution in [-0.4, -0.2) is 39.5 Å². The predicted molar refractivity (Wildman–Crippen MR) is 152 cm³/mol. The molecule has 10 nitrogen and oxygen atoms in total. The summed E-state index contributed by atoms with van der Waals surface area (Å²) in [5, 5.41) is 13.3. The number of nitrogens with one attached hydrogen (secondary N) is 2. The number of methoxy groups -OCH3 is 1. The maximum absolute atomic E-state index is 14.7. The average Bonchev–Trinajstić information content (AvgIpc) is 3.37. The number of urea groups is 1. The number of ether oxygens (including phenoxy) is 1. The number of hydrogen-bond acceptors (Lipinski definition) is 7. The first-order valence-corrected chi connectivity index (χ1v) is 13.3. The number of nitrogens with zero attached hydrogens (tertiary/aromatic N) is 4. The second-order valence-corrected chi connectivity index (χ2v) is 9.87. The lowest BCUT2D eigenvalue weighted by atomic mass is 10.0. The molecule has 0 saturated heterocycles. The molecule has 210 valence electrons. The summed E-state index contributed by atoms with van der Waals surface area (Å²) in [7, 11) is 2.91. The minimum atomic E-state index is -0.829. The van der Waals surface area contributed by atoms with Gasteiger partial charge >= 0.3 is 11.7 Å². The van der Waals surface area contributed by atoms with E-state index >= 15 is 0 Å². The molecular weight excluding hydrogens is 554 g/mol. The largest absolute Gasteiger partial charge is 0.480 e. The summed E-state index contributed by atoms with van der Waals surface area (Å²) in [6.07, 6.45) is 0.420. The van der Waals surface area contributed by atoms with Crippen molar-refractivity contribution in [3.63, 3.8) is 0 Å². The minimum absolute atomic E-state index is 0.0649. The standard InChI is InChI=1S/C28H24F2N6O4S/c1-4-17-23-25(37)36(21-12-13-22(40-3)34-33-21)28(39)35(14-18-19(29)6-5-7-20(18)30)26(23)41-24(17)15-8-10-16(11-9-15)32-27(38)31-2/h5-13H,4,14H2,1-3H3,(H2,31,32,38). The Morgan fingerprint density at radius 3 is 2.29 bits per heavy atom. The quantitative estimate of drug-likeness (QED) is 0.297. The van der Waals surface area contributed by atoms with E-state index in [-0.39, 0.29) is 33.5 Å². The molecule has 0 fully saturated rings. The lowest BCUT2D eigenvalue weighted by Gasteiger charge is -2.13. The first-order chi connectivity index (χ1) is 19.8. The van der Waals surface area contributed by atoms with Crippen molar-refractivity contribution in [2.24, 2.45) is 0 Å². The number of halogens is 2. The van der Waals surface area contributed by atoms with Gasteiger partial charge in [0.15, 0.2) is 5.82 Å². The van der Waals surface area contributed by atoms with E-state index in [1.54, 1.807) is 24.3 Å². The van der Waals surface area contributed by atoms with E-state index in [4.69, 9.17) is 4.74 Å². The van der Waals surface area contributed by atoms with Crippen molar-refractivity contribution in [2.45, 2.75) is 19.9 Å². The van der Waals surface area contributed by atoms with Gasteiger partial charge in [-0.15, -0.1) is 21.5 Å². The predicted octanol–water partition coefficient (Wildman–Crippen LogP) is 4.32. The zero-order chi connectivity index (χ0) is 29.3. The number of hydrogen-bond donors (Lipinski definition) is 2. The lowest BCUT2D eigenvalue weighted by molar-refractivity contribution is 0.254.